The van der Waals surface area contributed by atoms with Crippen molar-refractivity contribution in [1.82, 2.24) is 19.7 Å². The summed E-state index contributed by atoms with van der Waals surface area (Å²) in [6, 6.07) is 2.57. The fourth-order valence-electron chi connectivity index (χ4n) is 4.48. The van der Waals surface area contributed by atoms with Crippen LogP contribution in [0.25, 0.3) is 10.9 Å². The Bertz CT molecular complexity index is 1120. The number of H-pyrrole nitrogens is 1. The van der Waals surface area contributed by atoms with Crippen LogP contribution in [0, 0.1) is 11.7 Å². The lowest BCUT2D eigenvalue weighted by Crippen LogP contribution is -2.54. The number of amides is 2. The van der Waals surface area contributed by atoms with E-state index in [2.05, 4.69) is 15.2 Å². The van der Waals surface area contributed by atoms with E-state index in [1.54, 1.807) is 0 Å². The van der Waals surface area contributed by atoms with Crippen molar-refractivity contribution in [2.75, 3.05) is 46.3 Å². The van der Waals surface area contributed by atoms with Gasteiger partial charge >= 0.3 is 6.18 Å². The Hall–Kier alpha value is -1.82. The highest BCUT2D eigenvalue weighted by molar-refractivity contribution is 6.44. The monoisotopic (exact) mass is 521 g/mol. The quantitative estimate of drug-likeness (QED) is 0.487. The molecule has 13 heteroatoms. The van der Waals surface area contributed by atoms with Crippen LogP contribution in [0.5, 0.6) is 0 Å². The third kappa shape index (κ3) is 4.02. The Kier molecular flexibility index (Phi) is 6.21. The fourth-order valence-corrected chi connectivity index (χ4v) is 5.60. The number of alkyl halides is 3. The number of carbonyl (C=O) groups is 2. The van der Waals surface area contributed by atoms with Gasteiger partial charge in [-0.3, -0.25) is 9.59 Å². The van der Waals surface area contributed by atoms with Gasteiger partial charge in [-0.05, 0) is 19.2 Å². The first-order valence-corrected chi connectivity index (χ1v) is 11.3. The maximum Gasteiger partial charge on any atom is 0.393 e. The number of piperazine rings is 1. The van der Waals surface area contributed by atoms with E-state index in [0.29, 0.717) is 5.52 Å². The third-order valence-corrected chi connectivity index (χ3v) is 7.84. The SMILES string of the molecule is CN1C[C@@H](C(=O)N2CCN(C(=O)c3[nH]c4ccc(F)c(Cl)c4c3Cl)CC2)[C@]([Si])(C(F)(F)F)C1. The van der Waals surface area contributed by atoms with Gasteiger partial charge in [-0.15, -0.1) is 0 Å². The van der Waals surface area contributed by atoms with Crippen LogP contribution in [-0.4, -0.2) is 94.2 Å². The van der Waals surface area contributed by atoms with E-state index in [1.165, 1.54) is 27.8 Å². The average Bonchev–Trinajstić information content (AvgIpc) is 3.26. The van der Waals surface area contributed by atoms with Gasteiger partial charge in [0.25, 0.3) is 5.91 Å². The van der Waals surface area contributed by atoms with Crippen LogP contribution in [0.3, 0.4) is 0 Å². The molecule has 2 aromatic rings. The van der Waals surface area contributed by atoms with E-state index in [9.17, 15) is 27.2 Å². The van der Waals surface area contributed by atoms with Gasteiger partial charge < -0.3 is 19.7 Å². The van der Waals surface area contributed by atoms with Gasteiger partial charge in [0.1, 0.15) is 11.5 Å². The van der Waals surface area contributed by atoms with Gasteiger partial charge in [0.05, 0.1) is 21.0 Å². The predicted octanol–water partition coefficient (Wildman–Crippen LogP) is 3.35. The van der Waals surface area contributed by atoms with Crippen molar-refractivity contribution in [1.29, 1.82) is 0 Å². The van der Waals surface area contributed by atoms with E-state index in [1.807, 2.05) is 0 Å². The Morgan fingerprint density at radius 3 is 2.33 bits per heavy atom. The summed E-state index contributed by atoms with van der Waals surface area (Å²) in [6.07, 6.45) is -4.60. The zero-order chi connectivity index (χ0) is 24.3. The molecule has 6 nitrogen and oxygen atoms in total. The van der Waals surface area contributed by atoms with Crippen LogP contribution in [0.2, 0.25) is 15.1 Å². The number of rotatable bonds is 2. The molecule has 33 heavy (non-hydrogen) atoms. The maximum atomic E-state index is 13.8. The molecule has 0 bridgehead atoms. The molecule has 177 valence electrons. The molecule has 2 saturated heterocycles. The highest BCUT2D eigenvalue weighted by Gasteiger charge is 2.62. The molecule has 0 aliphatic carbocycles. The predicted molar refractivity (Wildman–Crippen MR) is 116 cm³/mol. The largest absolute Gasteiger partial charge is 0.393 e. The van der Waals surface area contributed by atoms with E-state index in [-0.39, 0.29) is 60.4 Å². The number of nitrogens with one attached hydrogen (secondary N) is 1. The number of aromatic amines is 1. The fraction of sp³-hybridized carbons (Fsp3) is 0.500. The Balaban J connectivity index is 1.48. The summed E-state index contributed by atoms with van der Waals surface area (Å²) in [7, 11) is 4.40. The first kappa shape index (κ1) is 24.3. The average molecular weight is 522 g/mol. The molecular formula is C20H19Cl2F4N4O2Si. The number of hydrogen-bond acceptors (Lipinski definition) is 3. The minimum absolute atomic E-state index is 0.0130. The first-order chi connectivity index (χ1) is 15.3. The van der Waals surface area contributed by atoms with Gasteiger partial charge in [-0.2, -0.15) is 13.2 Å². The lowest BCUT2D eigenvalue weighted by atomic mass is 9.92. The third-order valence-electron chi connectivity index (χ3n) is 6.30. The second-order valence-corrected chi connectivity index (χ2v) is 10.1. The summed E-state index contributed by atoms with van der Waals surface area (Å²) in [6.45, 7) is 0.0346. The summed E-state index contributed by atoms with van der Waals surface area (Å²) in [5, 5.41) is -2.34. The van der Waals surface area contributed by atoms with Crippen LogP contribution in [0.1, 0.15) is 10.5 Å². The lowest BCUT2D eigenvalue weighted by molar-refractivity contribution is -0.178. The smallest absolute Gasteiger partial charge is 0.349 e. The molecule has 3 heterocycles. The number of nitrogens with zero attached hydrogens (tertiary/aromatic N) is 3. The molecule has 1 aromatic carbocycles. The summed E-state index contributed by atoms with van der Waals surface area (Å²) in [5.41, 5.74) is 0.433. The summed E-state index contributed by atoms with van der Waals surface area (Å²) >= 11 is 12.3. The van der Waals surface area contributed by atoms with Crippen LogP contribution < -0.4 is 0 Å². The Morgan fingerprint density at radius 2 is 1.73 bits per heavy atom. The number of hydrogen-bond donors (Lipinski definition) is 1. The van der Waals surface area contributed by atoms with Crippen molar-refractivity contribution in [3.63, 3.8) is 0 Å². The van der Waals surface area contributed by atoms with Crippen LogP contribution in [0.4, 0.5) is 17.6 Å². The minimum atomic E-state index is -4.60. The molecule has 2 fully saturated rings. The normalized spacial score (nSPS) is 24.7. The molecule has 2 atom stereocenters. The summed E-state index contributed by atoms with van der Waals surface area (Å²) in [5.74, 6) is -3.04. The number of fused-ring (bicyclic) bond motifs is 1. The van der Waals surface area contributed by atoms with Gasteiger partial charge in [0.15, 0.2) is 0 Å². The topological polar surface area (TPSA) is 59.7 Å². The number of aromatic nitrogens is 1. The standard InChI is InChI=1S/C20H19Cl2F4N4O2Si/c1-28-8-10(19(33,9-28)20(24,25)26)17(31)29-4-6-30(7-5-29)18(32)16-15(22)13-12(27-16)3-2-11(23)14(13)21/h2-3,10,27H,4-9H2,1H3/t10-,19-/m0/s1. The molecule has 4 rings (SSSR count). The van der Waals surface area contributed by atoms with E-state index >= 15 is 0 Å². The molecule has 2 aliphatic heterocycles. The molecule has 0 saturated carbocycles. The Labute approximate surface area is 200 Å². The second-order valence-electron chi connectivity index (χ2n) is 8.43. The lowest BCUT2D eigenvalue weighted by Gasteiger charge is -2.39. The van der Waals surface area contributed by atoms with Crippen molar-refractivity contribution in [2.45, 2.75) is 11.2 Å². The van der Waals surface area contributed by atoms with Gasteiger partial charge in [0, 0.05) is 60.4 Å². The van der Waals surface area contributed by atoms with E-state index in [4.69, 9.17) is 23.2 Å². The van der Waals surface area contributed by atoms with Crippen LogP contribution >= 0.6 is 23.2 Å². The van der Waals surface area contributed by atoms with Crippen molar-refractivity contribution < 1.29 is 27.2 Å². The molecule has 1 N–H and O–H groups in total. The van der Waals surface area contributed by atoms with Gasteiger partial charge in [0.2, 0.25) is 5.91 Å². The van der Waals surface area contributed by atoms with Crippen molar-refractivity contribution in [3.05, 3.63) is 33.7 Å². The maximum absolute atomic E-state index is 13.8. The zero-order valence-electron chi connectivity index (χ0n) is 17.4. The zero-order valence-corrected chi connectivity index (χ0v) is 19.9. The second kappa shape index (κ2) is 8.44. The summed E-state index contributed by atoms with van der Waals surface area (Å²) < 4.78 is 54.8. The number of carbonyl (C=O) groups excluding carboxylic acids is 2. The van der Waals surface area contributed by atoms with E-state index < -0.39 is 34.8 Å². The molecular weight excluding hydrogens is 503 g/mol. The molecule has 0 spiro atoms. The highest BCUT2D eigenvalue weighted by Crippen LogP contribution is 2.52. The first-order valence-electron chi connectivity index (χ1n) is 10.1. The number of likely N-dealkylation sites (tertiary alicyclic amines) is 1. The van der Waals surface area contributed by atoms with Crippen molar-refractivity contribution >= 4 is 56.2 Å². The summed E-state index contributed by atoms with van der Waals surface area (Å²) in [4.78, 5) is 33.1. The van der Waals surface area contributed by atoms with Crippen molar-refractivity contribution in [3.8, 4) is 0 Å². The van der Waals surface area contributed by atoms with E-state index in [0.717, 1.165) is 6.07 Å². The number of benzene rings is 1. The molecule has 0 unspecified atom stereocenters. The minimum Gasteiger partial charge on any atom is -0.349 e. The highest BCUT2D eigenvalue weighted by atomic mass is 35.5. The van der Waals surface area contributed by atoms with Gasteiger partial charge in [-0.25, -0.2) is 4.39 Å². The van der Waals surface area contributed by atoms with Crippen LogP contribution in [0.15, 0.2) is 12.1 Å². The molecule has 1 aromatic heterocycles. The van der Waals surface area contributed by atoms with Crippen molar-refractivity contribution in [2.24, 2.45) is 5.92 Å². The molecule has 3 radical (unpaired) electrons. The van der Waals surface area contributed by atoms with Crippen LogP contribution in [-0.2, 0) is 4.79 Å². The molecule has 2 amide bonds. The van der Waals surface area contributed by atoms with Gasteiger partial charge in [-0.1, -0.05) is 23.2 Å². The molecule has 2 aliphatic rings. The Morgan fingerprint density at radius 1 is 1.12 bits per heavy atom. The number of halogens is 6.